The van der Waals surface area contributed by atoms with E-state index in [1.54, 1.807) is 21.6 Å². The van der Waals surface area contributed by atoms with Crippen LogP contribution in [0.2, 0.25) is 0 Å². The largest absolute Gasteiger partial charge is 0.299 e. The summed E-state index contributed by atoms with van der Waals surface area (Å²) >= 11 is 0. The SMILES string of the molecule is O=C1CCSSC1. The van der Waals surface area contributed by atoms with E-state index >= 15 is 0 Å². The molecule has 7 heavy (non-hydrogen) atoms. The minimum atomic E-state index is 0.406. The zero-order chi connectivity index (χ0) is 5.11. The van der Waals surface area contributed by atoms with E-state index in [1.807, 2.05) is 0 Å². The van der Waals surface area contributed by atoms with Crippen molar-refractivity contribution in [3.63, 3.8) is 0 Å². The van der Waals surface area contributed by atoms with Gasteiger partial charge in [-0.2, -0.15) is 0 Å². The highest BCUT2D eigenvalue weighted by Gasteiger charge is 2.07. The van der Waals surface area contributed by atoms with E-state index in [0.717, 1.165) is 17.9 Å². The van der Waals surface area contributed by atoms with Crippen LogP contribution in [0.4, 0.5) is 0 Å². The lowest BCUT2D eigenvalue weighted by atomic mass is 10.3. The lowest BCUT2D eigenvalue weighted by Crippen LogP contribution is -2.05. The minimum Gasteiger partial charge on any atom is -0.299 e. The lowest BCUT2D eigenvalue weighted by Gasteiger charge is -2.04. The highest BCUT2D eigenvalue weighted by molar-refractivity contribution is 8.77. The van der Waals surface area contributed by atoms with E-state index in [-0.39, 0.29) is 0 Å². The van der Waals surface area contributed by atoms with E-state index in [9.17, 15) is 4.79 Å². The summed E-state index contributed by atoms with van der Waals surface area (Å²) in [5, 5.41) is 0. The van der Waals surface area contributed by atoms with Crippen molar-refractivity contribution in [3.8, 4) is 0 Å². The van der Waals surface area contributed by atoms with Gasteiger partial charge < -0.3 is 0 Å². The van der Waals surface area contributed by atoms with Crippen molar-refractivity contribution in [2.45, 2.75) is 6.42 Å². The van der Waals surface area contributed by atoms with Gasteiger partial charge in [0.2, 0.25) is 0 Å². The van der Waals surface area contributed by atoms with E-state index in [0.29, 0.717) is 5.78 Å². The number of carbonyl (C=O) groups excluding carboxylic acids is 1. The van der Waals surface area contributed by atoms with Crippen LogP contribution in [-0.2, 0) is 4.79 Å². The standard InChI is InChI=1S/C4H6OS2/c5-4-1-2-6-7-3-4/h1-3H2. The van der Waals surface area contributed by atoms with E-state index in [1.165, 1.54) is 0 Å². The van der Waals surface area contributed by atoms with Gasteiger partial charge in [-0.05, 0) is 0 Å². The van der Waals surface area contributed by atoms with Crippen LogP contribution in [0.1, 0.15) is 6.42 Å². The molecule has 0 aromatic rings. The quantitative estimate of drug-likeness (QED) is 0.465. The average molecular weight is 134 g/mol. The maximum Gasteiger partial charge on any atom is 0.144 e. The summed E-state index contributed by atoms with van der Waals surface area (Å²) in [5.41, 5.74) is 0. The Morgan fingerprint density at radius 1 is 1.43 bits per heavy atom. The molecule has 3 heteroatoms. The van der Waals surface area contributed by atoms with Crippen molar-refractivity contribution in [3.05, 3.63) is 0 Å². The van der Waals surface area contributed by atoms with E-state index in [2.05, 4.69) is 0 Å². The molecule has 1 fully saturated rings. The molecule has 0 aromatic heterocycles. The Hall–Kier alpha value is 0.370. The number of Topliss-reactive ketones (excluding diaryl/α,β-unsaturated/α-hetero) is 1. The highest BCUT2D eigenvalue weighted by Crippen LogP contribution is 2.26. The molecule has 0 aromatic carbocycles. The van der Waals surface area contributed by atoms with Crippen molar-refractivity contribution in [1.82, 2.24) is 0 Å². The molecule has 1 nitrogen and oxygen atoms in total. The minimum absolute atomic E-state index is 0.406. The summed E-state index contributed by atoms with van der Waals surface area (Å²) < 4.78 is 0. The molecule has 0 unspecified atom stereocenters. The zero-order valence-corrected chi connectivity index (χ0v) is 5.48. The van der Waals surface area contributed by atoms with Crippen LogP contribution >= 0.6 is 21.6 Å². The molecular formula is C4H6OS2. The fourth-order valence-corrected chi connectivity index (χ4v) is 2.43. The van der Waals surface area contributed by atoms with Crippen LogP contribution in [0.25, 0.3) is 0 Å². The first-order valence-electron chi connectivity index (χ1n) is 2.16. The number of hydrogen-bond acceptors (Lipinski definition) is 3. The Kier molecular flexibility index (Phi) is 2.06. The van der Waals surface area contributed by atoms with E-state index < -0.39 is 0 Å². The van der Waals surface area contributed by atoms with Gasteiger partial charge in [-0.25, -0.2) is 0 Å². The van der Waals surface area contributed by atoms with Gasteiger partial charge in [0, 0.05) is 12.2 Å². The van der Waals surface area contributed by atoms with Gasteiger partial charge in [0.25, 0.3) is 0 Å². The van der Waals surface area contributed by atoms with Gasteiger partial charge in [-0.1, -0.05) is 21.6 Å². The van der Waals surface area contributed by atoms with Crippen molar-refractivity contribution >= 4 is 27.4 Å². The van der Waals surface area contributed by atoms with Crippen LogP contribution in [0.3, 0.4) is 0 Å². The first kappa shape index (κ1) is 5.51. The highest BCUT2D eigenvalue weighted by atomic mass is 33.1. The molecule has 1 saturated heterocycles. The molecule has 1 heterocycles. The Morgan fingerprint density at radius 3 is 2.57 bits per heavy atom. The van der Waals surface area contributed by atoms with Gasteiger partial charge >= 0.3 is 0 Å². The second-order valence-electron chi connectivity index (χ2n) is 1.37. The summed E-state index contributed by atoms with van der Waals surface area (Å²) in [6.07, 6.45) is 0.789. The van der Waals surface area contributed by atoms with E-state index in [4.69, 9.17) is 0 Å². The van der Waals surface area contributed by atoms with Crippen molar-refractivity contribution in [1.29, 1.82) is 0 Å². The number of rotatable bonds is 0. The molecule has 1 aliphatic heterocycles. The third-order valence-electron chi connectivity index (χ3n) is 0.767. The predicted octanol–water partition coefficient (Wildman–Crippen LogP) is 1.34. The monoisotopic (exact) mass is 134 g/mol. The third kappa shape index (κ3) is 1.74. The summed E-state index contributed by atoms with van der Waals surface area (Å²) in [6, 6.07) is 0. The number of carbonyl (C=O) groups is 1. The normalized spacial score (nSPS) is 22.6. The smallest absolute Gasteiger partial charge is 0.144 e. The molecular weight excluding hydrogens is 128 g/mol. The van der Waals surface area contributed by atoms with Gasteiger partial charge in [0.1, 0.15) is 5.78 Å². The molecule has 0 aliphatic carbocycles. The first-order valence-corrected chi connectivity index (χ1v) is 4.64. The van der Waals surface area contributed by atoms with Crippen molar-refractivity contribution < 1.29 is 4.79 Å². The van der Waals surface area contributed by atoms with Gasteiger partial charge in [-0.15, -0.1) is 0 Å². The van der Waals surface area contributed by atoms with Crippen LogP contribution in [0.15, 0.2) is 0 Å². The summed E-state index contributed by atoms with van der Waals surface area (Å²) in [4.78, 5) is 10.4. The fraction of sp³-hybridized carbons (Fsp3) is 0.750. The molecule has 0 spiro atoms. The summed E-state index contributed by atoms with van der Waals surface area (Å²) in [7, 11) is 3.46. The molecule has 40 valence electrons. The lowest BCUT2D eigenvalue weighted by molar-refractivity contribution is -0.116. The molecule has 0 N–H and O–H groups in total. The van der Waals surface area contributed by atoms with Crippen LogP contribution in [-0.4, -0.2) is 17.3 Å². The van der Waals surface area contributed by atoms with Crippen molar-refractivity contribution in [2.75, 3.05) is 11.5 Å². The third-order valence-corrected chi connectivity index (χ3v) is 3.10. The topological polar surface area (TPSA) is 17.1 Å². The summed E-state index contributed by atoms with van der Waals surface area (Å²) in [5.74, 6) is 2.15. The van der Waals surface area contributed by atoms with Crippen LogP contribution in [0.5, 0.6) is 0 Å². The predicted molar refractivity (Wildman–Crippen MR) is 34.5 cm³/mol. The van der Waals surface area contributed by atoms with Crippen LogP contribution in [0, 0.1) is 0 Å². The second-order valence-corrected chi connectivity index (χ2v) is 3.96. The Labute approximate surface area is 50.6 Å². The Balaban J connectivity index is 2.25. The Bertz CT molecular complexity index is 73.8. The maximum atomic E-state index is 10.4. The molecule has 0 atom stereocenters. The van der Waals surface area contributed by atoms with Gasteiger partial charge in [0.05, 0.1) is 5.75 Å². The zero-order valence-electron chi connectivity index (χ0n) is 3.85. The molecule has 0 bridgehead atoms. The molecule has 0 radical (unpaired) electrons. The summed E-state index contributed by atoms with van der Waals surface area (Å²) in [6.45, 7) is 0. The fourth-order valence-electron chi connectivity index (χ4n) is 0.394. The van der Waals surface area contributed by atoms with Gasteiger partial charge in [-0.3, -0.25) is 4.79 Å². The van der Waals surface area contributed by atoms with Crippen LogP contribution < -0.4 is 0 Å². The average Bonchev–Trinajstić information content (AvgIpc) is 1.69. The molecule has 0 amide bonds. The maximum absolute atomic E-state index is 10.4. The molecule has 1 aliphatic rings. The molecule has 1 rings (SSSR count). The van der Waals surface area contributed by atoms with Crippen molar-refractivity contribution in [2.24, 2.45) is 0 Å². The second kappa shape index (κ2) is 2.62. The first-order chi connectivity index (χ1) is 3.39. The number of ketones is 1. The Morgan fingerprint density at radius 2 is 2.29 bits per heavy atom. The molecule has 0 saturated carbocycles. The number of hydrogen-bond donors (Lipinski definition) is 0. The van der Waals surface area contributed by atoms with Gasteiger partial charge in [0.15, 0.2) is 0 Å².